The van der Waals surface area contributed by atoms with Gasteiger partial charge >= 0.3 is 6.03 Å². The molecule has 2 rings (SSSR count). The zero-order chi connectivity index (χ0) is 15.8. The third-order valence-corrected chi connectivity index (χ3v) is 4.96. The van der Waals surface area contributed by atoms with Crippen LogP contribution in [0, 0.1) is 5.92 Å². The van der Waals surface area contributed by atoms with Gasteiger partial charge in [-0.3, -0.25) is 0 Å². The third kappa shape index (κ3) is 5.76. The molecule has 0 spiro atoms. The van der Waals surface area contributed by atoms with Gasteiger partial charge in [0, 0.05) is 25.6 Å². The van der Waals surface area contributed by atoms with Crippen molar-refractivity contribution >= 4 is 6.03 Å². The molecule has 1 saturated heterocycles. The van der Waals surface area contributed by atoms with Gasteiger partial charge in [-0.2, -0.15) is 0 Å². The fraction of sp³-hybridized carbons (Fsp3) is 0.941. The van der Waals surface area contributed by atoms with Gasteiger partial charge in [0.15, 0.2) is 0 Å². The first-order valence-electron chi connectivity index (χ1n) is 8.99. The fourth-order valence-electron chi connectivity index (χ4n) is 3.49. The molecule has 1 aliphatic heterocycles. The zero-order valence-corrected chi connectivity index (χ0v) is 13.9. The van der Waals surface area contributed by atoms with Crippen molar-refractivity contribution in [2.24, 2.45) is 5.92 Å². The van der Waals surface area contributed by atoms with Gasteiger partial charge < -0.3 is 20.1 Å². The lowest BCUT2D eigenvalue weighted by molar-refractivity contribution is 0.0440. The van der Waals surface area contributed by atoms with Crippen molar-refractivity contribution in [3.05, 3.63) is 0 Å². The fourth-order valence-corrected chi connectivity index (χ4v) is 3.49. The van der Waals surface area contributed by atoms with Gasteiger partial charge in [-0.25, -0.2) is 4.79 Å². The van der Waals surface area contributed by atoms with Gasteiger partial charge in [-0.1, -0.05) is 25.7 Å². The van der Waals surface area contributed by atoms with Gasteiger partial charge in [0.2, 0.25) is 0 Å². The Morgan fingerprint density at radius 1 is 1.23 bits per heavy atom. The highest BCUT2D eigenvalue weighted by Crippen LogP contribution is 2.20. The largest absolute Gasteiger partial charge is 0.393 e. The average molecular weight is 312 g/mol. The van der Waals surface area contributed by atoms with Crippen molar-refractivity contribution in [1.29, 1.82) is 0 Å². The van der Waals surface area contributed by atoms with E-state index in [-0.39, 0.29) is 18.1 Å². The second kappa shape index (κ2) is 9.36. The number of nitrogens with zero attached hydrogens (tertiary/aromatic N) is 1. The summed E-state index contributed by atoms with van der Waals surface area (Å²) in [6.07, 6.45) is 9.55. The normalized spacial score (nSPS) is 25.5. The highest BCUT2D eigenvalue weighted by atomic mass is 16.5. The molecule has 1 saturated carbocycles. The minimum absolute atomic E-state index is 0.0187. The van der Waals surface area contributed by atoms with E-state index in [2.05, 4.69) is 5.32 Å². The number of likely N-dealkylation sites (tertiary alicyclic amines) is 1. The summed E-state index contributed by atoms with van der Waals surface area (Å²) in [5.41, 5.74) is 0. The van der Waals surface area contributed by atoms with Crippen LogP contribution >= 0.6 is 0 Å². The summed E-state index contributed by atoms with van der Waals surface area (Å²) in [5.74, 6) is 0.210. The minimum Gasteiger partial charge on any atom is -0.393 e. The molecule has 5 nitrogen and oxygen atoms in total. The van der Waals surface area contributed by atoms with E-state index in [0.29, 0.717) is 25.8 Å². The summed E-state index contributed by atoms with van der Waals surface area (Å²) in [6, 6.07) is -0.0187. The number of rotatable bonds is 5. The van der Waals surface area contributed by atoms with Crippen LogP contribution in [0.15, 0.2) is 0 Å². The van der Waals surface area contributed by atoms with Crippen LogP contribution in [0.3, 0.4) is 0 Å². The molecule has 1 aliphatic carbocycles. The Balaban J connectivity index is 1.60. The maximum atomic E-state index is 12.1. The highest BCUT2D eigenvalue weighted by Gasteiger charge is 2.26. The molecule has 0 bridgehead atoms. The number of aliphatic hydroxyl groups excluding tert-OH is 1. The topological polar surface area (TPSA) is 61.8 Å². The number of aliphatic hydroxyl groups is 1. The van der Waals surface area contributed by atoms with E-state index in [9.17, 15) is 9.90 Å². The lowest BCUT2D eigenvalue weighted by Crippen LogP contribution is -2.48. The summed E-state index contributed by atoms with van der Waals surface area (Å²) in [5, 5.41) is 12.6. The number of carbonyl (C=O) groups is 1. The number of piperidine rings is 1. The smallest absolute Gasteiger partial charge is 0.317 e. The molecule has 2 unspecified atom stereocenters. The van der Waals surface area contributed by atoms with Gasteiger partial charge in [0.25, 0.3) is 0 Å². The minimum atomic E-state index is -0.339. The van der Waals surface area contributed by atoms with E-state index in [4.69, 9.17) is 4.74 Å². The van der Waals surface area contributed by atoms with Crippen molar-refractivity contribution in [1.82, 2.24) is 10.2 Å². The molecule has 0 radical (unpaired) electrons. The summed E-state index contributed by atoms with van der Waals surface area (Å²) in [6.45, 7) is 4.44. The Hall–Kier alpha value is -0.810. The number of urea groups is 1. The molecule has 2 N–H and O–H groups in total. The molecule has 0 aromatic rings. The monoisotopic (exact) mass is 312 g/mol. The maximum absolute atomic E-state index is 12.1. The molecular formula is C17H32N2O3. The summed E-state index contributed by atoms with van der Waals surface area (Å²) in [4.78, 5) is 14.0. The predicted molar refractivity (Wildman–Crippen MR) is 86.8 cm³/mol. The van der Waals surface area contributed by atoms with Crippen molar-refractivity contribution < 1.29 is 14.6 Å². The average Bonchev–Trinajstić information content (AvgIpc) is 2.80. The van der Waals surface area contributed by atoms with Crippen molar-refractivity contribution in [2.75, 3.05) is 26.2 Å². The Morgan fingerprint density at radius 2 is 1.95 bits per heavy atom. The van der Waals surface area contributed by atoms with Crippen LogP contribution in [0.4, 0.5) is 4.79 Å². The molecule has 5 heteroatoms. The Morgan fingerprint density at radius 3 is 2.64 bits per heavy atom. The van der Waals surface area contributed by atoms with Crippen LogP contribution in [0.25, 0.3) is 0 Å². The number of nitrogens with one attached hydrogen (secondary N) is 1. The highest BCUT2D eigenvalue weighted by molar-refractivity contribution is 5.74. The van der Waals surface area contributed by atoms with Crippen LogP contribution in [0.1, 0.15) is 58.3 Å². The second-order valence-electron chi connectivity index (χ2n) is 6.81. The molecule has 2 fully saturated rings. The molecular weight excluding hydrogens is 280 g/mol. The first-order chi connectivity index (χ1) is 10.7. The van der Waals surface area contributed by atoms with E-state index in [1.165, 1.54) is 25.7 Å². The van der Waals surface area contributed by atoms with E-state index in [1.54, 1.807) is 0 Å². The number of hydrogen-bond donors (Lipinski definition) is 2. The van der Waals surface area contributed by atoms with Crippen LogP contribution in [-0.4, -0.2) is 54.5 Å². The number of ether oxygens (including phenoxy) is 1. The van der Waals surface area contributed by atoms with Crippen LogP contribution in [0.5, 0.6) is 0 Å². The van der Waals surface area contributed by atoms with Crippen LogP contribution in [0.2, 0.25) is 0 Å². The molecule has 0 aromatic heterocycles. The second-order valence-corrected chi connectivity index (χ2v) is 6.81. The van der Waals surface area contributed by atoms with Crippen molar-refractivity contribution in [3.8, 4) is 0 Å². The molecule has 2 atom stereocenters. The molecule has 2 aliphatic rings. The Kier molecular flexibility index (Phi) is 7.46. The van der Waals surface area contributed by atoms with Crippen molar-refractivity contribution in [2.45, 2.75) is 70.5 Å². The summed E-state index contributed by atoms with van der Waals surface area (Å²) >= 11 is 0. The number of hydrogen-bond acceptors (Lipinski definition) is 3. The molecule has 0 aromatic carbocycles. The lowest BCUT2D eigenvalue weighted by Gasteiger charge is -2.34. The molecule has 22 heavy (non-hydrogen) atoms. The predicted octanol–water partition coefficient (Wildman–Crippen LogP) is 2.53. The molecule has 2 amide bonds. The van der Waals surface area contributed by atoms with Gasteiger partial charge in [0.05, 0.1) is 18.8 Å². The molecule has 1 heterocycles. The quantitative estimate of drug-likeness (QED) is 0.606. The number of amides is 2. The van der Waals surface area contributed by atoms with E-state index >= 15 is 0 Å². The van der Waals surface area contributed by atoms with E-state index in [1.807, 2.05) is 11.8 Å². The zero-order valence-electron chi connectivity index (χ0n) is 13.9. The van der Waals surface area contributed by atoms with Crippen molar-refractivity contribution in [3.63, 3.8) is 0 Å². The summed E-state index contributed by atoms with van der Waals surface area (Å²) in [7, 11) is 0. The van der Waals surface area contributed by atoms with Crippen LogP contribution in [-0.2, 0) is 4.74 Å². The Labute approximate surface area is 134 Å². The van der Waals surface area contributed by atoms with Gasteiger partial charge in [-0.15, -0.1) is 0 Å². The first-order valence-corrected chi connectivity index (χ1v) is 8.99. The van der Waals surface area contributed by atoms with E-state index in [0.717, 1.165) is 32.2 Å². The lowest BCUT2D eigenvalue weighted by atomic mass is 9.94. The van der Waals surface area contributed by atoms with Crippen LogP contribution < -0.4 is 5.32 Å². The van der Waals surface area contributed by atoms with E-state index < -0.39 is 0 Å². The number of carbonyl (C=O) groups excluding carboxylic acids is 1. The van der Waals surface area contributed by atoms with Gasteiger partial charge in [0.1, 0.15) is 0 Å². The Bertz CT molecular complexity index is 328. The first kappa shape index (κ1) is 17.5. The molecule has 128 valence electrons. The maximum Gasteiger partial charge on any atom is 0.317 e. The SMILES string of the molecule is CC(O)C1CCCN(C(=O)NCCOC2CCCCCC2)C1. The third-order valence-electron chi connectivity index (χ3n) is 4.96. The van der Waals surface area contributed by atoms with Gasteiger partial charge in [-0.05, 0) is 32.6 Å². The standard InChI is InChI=1S/C17H32N2O3/c1-14(20)15-7-6-11-19(13-15)17(21)18-10-12-22-16-8-4-2-3-5-9-16/h14-16,20H,2-13H2,1H3,(H,18,21). The summed E-state index contributed by atoms with van der Waals surface area (Å²) < 4.78 is 5.89.